The third-order valence-corrected chi connectivity index (χ3v) is 4.40. The predicted octanol–water partition coefficient (Wildman–Crippen LogP) is 1.89. The summed E-state index contributed by atoms with van der Waals surface area (Å²) in [7, 11) is 0. The first-order chi connectivity index (χ1) is 11.8. The highest BCUT2D eigenvalue weighted by Gasteiger charge is 2.36. The highest BCUT2D eigenvalue weighted by molar-refractivity contribution is 5.78. The van der Waals surface area contributed by atoms with Crippen molar-refractivity contribution < 1.29 is 19.0 Å². The minimum absolute atomic E-state index is 0.000810. The maximum Gasteiger partial charge on any atom is 0.260 e. The summed E-state index contributed by atoms with van der Waals surface area (Å²) in [6.07, 6.45) is 3.05. The molecule has 6 heteroatoms. The topological polar surface area (TPSA) is 71.8 Å². The Hall–Kier alpha value is -2.10. The van der Waals surface area contributed by atoms with Gasteiger partial charge in [-0.1, -0.05) is 12.1 Å². The van der Waals surface area contributed by atoms with Crippen LogP contribution in [0.25, 0.3) is 0 Å². The van der Waals surface area contributed by atoms with Crippen molar-refractivity contribution in [3.05, 3.63) is 29.8 Å². The summed E-state index contributed by atoms with van der Waals surface area (Å²) < 4.78 is 16.8. The Morgan fingerprint density at radius 1 is 1.25 bits per heavy atom. The zero-order chi connectivity index (χ0) is 16.8. The van der Waals surface area contributed by atoms with E-state index in [1.54, 1.807) is 12.1 Å². The molecule has 128 valence electrons. The normalized spacial score (nSPS) is 21.5. The van der Waals surface area contributed by atoms with E-state index >= 15 is 0 Å². The summed E-state index contributed by atoms with van der Waals surface area (Å²) in [6, 6.07) is 9.34. The second-order valence-corrected chi connectivity index (χ2v) is 6.03. The van der Waals surface area contributed by atoms with Crippen LogP contribution in [0.3, 0.4) is 0 Å². The molecule has 1 aromatic carbocycles. The van der Waals surface area contributed by atoms with Crippen molar-refractivity contribution in [2.24, 2.45) is 0 Å². The quantitative estimate of drug-likeness (QED) is 0.824. The lowest BCUT2D eigenvalue weighted by atomic mass is 10.0. The van der Waals surface area contributed by atoms with Gasteiger partial charge >= 0.3 is 0 Å². The maximum atomic E-state index is 12.6. The van der Waals surface area contributed by atoms with Crippen molar-refractivity contribution in [1.82, 2.24) is 4.90 Å². The third kappa shape index (κ3) is 4.05. The summed E-state index contributed by atoms with van der Waals surface area (Å²) in [4.78, 5) is 14.4. The van der Waals surface area contributed by atoms with Gasteiger partial charge in [0, 0.05) is 6.54 Å². The highest BCUT2D eigenvalue weighted by Crippen LogP contribution is 2.24. The van der Waals surface area contributed by atoms with Crippen molar-refractivity contribution in [2.45, 2.75) is 38.0 Å². The first kappa shape index (κ1) is 16.7. The summed E-state index contributed by atoms with van der Waals surface area (Å²) in [5, 5.41) is 8.67. The molecule has 0 radical (unpaired) electrons. The number of nitrogens with zero attached hydrogens (tertiary/aromatic N) is 2. The summed E-state index contributed by atoms with van der Waals surface area (Å²) >= 11 is 0. The average molecular weight is 330 g/mol. The monoisotopic (exact) mass is 330 g/mol. The van der Waals surface area contributed by atoms with E-state index in [9.17, 15) is 4.79 Å². The second kappa shape index (κ2) is 8.13. The van der Waals surface area contributed by atoms with Crippen molar-refractivity contribution >= 4 is 5.91 Å². The van der Waals surface area contributed by atoms with Crippen molar-refractivity contribution in [3.8, 4) is 11.8 Å². The van der Waals surface area contributed by atoms with Gasteiger partial charge in [0.05, 0.1) is 31.7 Å². The second-order valence-electron chi connectivity index (χ2n) is 6.03. The maximum absolute atomic E-state index is 12.6. The molecule has 2 fully saturated rings. The van der Waals surface area contributed by atoms with Crippen molar-refractivity contribution in [1.29, 1.82) is 5.26 Å². The van der Waals surface area contributed by atoms with E-state index in [1.165, 1.54) is 0 Å². The van der Waals surface area contributed by atoms with Crippen molar-refractivity contribution in [2.75, 3.05) is 26.4 Å². The van der Waals surface area contributed by atoms with Crippen LogP contribution < -0.4 is 4.74 Å². The molecular weight excluding hydrogens is 308 g/mol. The molecule has 2 aliphatic rings. The standard InChI is InChI=1S/C18H22N2O4/c19-9-8-14-4-6-15(7-5-14)24-13-17(21)20-10-2-1-3-16(20)18-22-11-12-23-18/h4-7,16,18H,1-3,8,10-13H2. The number of nitriles is 1. The van der Waals surface area contributed by atoms with Gasteiger partial charge in [0.1, 0.15) is 5.75 Å². The van der Waals surface area contributed by atoms with Crippen LogP contribution in [-0.2, 0) is 20.7 Å². The van der Waals surface area contributed by atoms with E-state index in [4.69, 9.17) is 19.5 Å². The van der Waals surface area contributed by atoms with Gasteiger partial charge in [-0.3, -0.25) is 4.79 Å². The van der Waals surface area contributed by atoms with Gasteiger partial charge < -0.3 is 19.1 Å². The van der Waals surface area contributed by atoms with Gasteiger partial charge in [-0.15, -0.1) is 0 Å². The Morgan fingerprint density at radius 3 is 2.71 bits per heavy atom. The Balaban J connectivity index is 1.55. The van der Waals surface area contributed by atoms with Crippen LogP contribution in [0.1, 0.15) is 24.8 Å². The molecule has 1 atom stereocenters. The number of carbonyl (C=O) groups excluding carboxylic acids is 1. The van der Waals surface area contributed by atoms with Crippen LogP contribution in [0.2, 0.25) is 0 Å². The van der Waals surface area contributed by atoms with Gasteiger partial charge in [0.25, 0.3) is 5.91 Å². The molecule has 3 rings (SSSR count). The van der Waals surface area contributed by atoms with Crippen LogP contribution in [0.4, 0.5) is 0 Å². The molecule has 1 amide bonds. The lowest BCUT2D eigenvalue weighted by Gasteiger charge is -2.37. The Kier molecular flexibility index (Phi) is 5.68. The van der Waals surface area contributed by atoms with Crippen LogP contribution >= 0.6 is 0 Å². The molecule has 6 nitrogen and oxygen atoms in total. The SMILES string of the molecule is N#CCc1ccc(OCC(=O)N2CCCCC2C2OCCO2)cc1. The predicted molar refractivity (Wildman–Crippen MR) is 86.3 cm³/mol. The number of piperidine rings is 1. The average Bonchev–Trinajstić information content (AvgIpc) is 3.16. The molecule has 0 aliphatic carbocycles. The van der Waals surface area contributed by atoms with Crippen LogP contribution in [0.15, 0.2) is 24.3 Å². The Bertz CT molecular complexity index is 590. The number of likely N-dealkylation sites (tertiary alicyclic amines) is 1. The number of benzene rings is 1. The number of ether oxygens (including phenoxy) is 3. The molecule has 1 unspecified atom stereocenters. The lowest BCUT2D eigenvalue weighted by Crippen LogP contribution is -2.51. The first-order valence-electron chi connectivity index (χ1n) is 8.39. The molecule has 2 heterocycles. The summed E-state index contributed by atoms with van der Waals surface area (Å²) in [5.41, 5.74) is 0.933. The zero-order valence-electron chi connectivity index (χ0n) is 13.6. The van der Waals surface area contributed by atoms with Crippen LogP contribution in [0.5, 0.6) is 5.75 Å². The highest BCUT2D eigenvalue weighted by atomic mass is 16.7. The summed E-state index contributed by atoms with van der Waals surface area (Å²) in [5.74, 6) is 0.590. The van der Waals surface area contributed by atoms with Gasteiger partial charge in [-0.2, -0.15) is 5.26 Å². The third-order valence-electron chi connectivity index (χ3n) is 4.40. The van der Waals surface area contributed by atoms with Crippen LogP contribution in [-0.4, -0.2) is 49.5 Å². The fourth-order valence-corrected chi connectivity index (χ4v) is 3.17. The van der Waals surface area contributed by atoms with Crippen molar-refractivity contribution in [3.63, 3.8) is 0 Å². The number of amides is 1. The molecule has 0 N–H and O–H groups in total. The number of hydrogen-bond donors (Lipinski definition) is 0. The minimum Gasteiger partial charge on any atom is -0.484 e. The van der Waals surface area contributed by atoms with E-state index < -0.39 is 0 Å². The molecule has 0 spiro atoms. The number of hydrogen-bond acceptors (Lipinski definition) is 5. The number of rotatable bonds is 5. The first-order valence-corrected chi connectivity index (χ1v) is 8.39. The molecule has 0 bridgehead atoms. The molecule has 24 heavy (non-hydrogen) atoms. The van der Waals surface area contributed by atoms with Crippen LogP contribution in [0, 0.1) is 11.3 Å². The van der Waals surface area contributed by atoms with Gasteiger partial charge in [-0.05, 0) is 37.0 Å². The van der Waals surface area contributed by atoms with Gasteiger partial charge in [0.2, 0.25) is 0 Å². The Morgan fingerprint density at radius 2 is 2.00 bits per heavy atom. The molecule has 0 aromatic heterocycles. The summed E-state index contributed by atoms with van der Waals surface area (Å²) in [6.45, 7) is 1.90. The molecule has 2 saturated heterocycles. The minimum atomic E-state index is -0.306. The molecule has 0 saturated carbocycles. The van der Waals surface area contributed by atoms with Gasteiger partial charge in [-0.25, -0.2) is 0 Å². The smallest absolute Gasteiger partial charge is 0.260 e. The molecule has 1 aromatic rings. The van der Waals surface area contributed by atoms with E-state index in [-0.39, 0.29) is 24.8 Å². The van der Waals surface area contributed by atoms with Gasteiger partial charge in [0.15, 0.2) is 12.9 Å². The van der Waals surface area contributed by atoms with E-state index in [0.29, 0.717) is 25.4 Å². The lowest BCUT2D eigenvalue weighted by molar-refractivity contribution is -0.152. The Labute approximate surface area is 141 Å². The van der Waals surface area contributed by atoms with E-state index in [1.807, 2.05) is 17.0 Å². The van der Waals surface area contributed by atoms with E-state index in [2.05, 4.69) is 6.07 Å². The fraction of sp³-hybridized carbons (Fsp3) is 0.556. The number of carbonyl (C=O) groups is 1. The zero-order valence-corrected chi connectivity index (χ0v) is 13.6. The molecule has 2 aliphatic heterocycles. The fourth-order valence-electron chi connectivity index (χ4n) is 3.17. The largest absolute Gasteiger partial charge is 0.484 e. The van der Waals surface area contributed by atoms with E-state index in [0.717, 1.165) is 31.4 Å². The molecular formula is C18H22N2O4.